The van der Waals surface area contributed by atoms with E-state index in [4.69, 9.17) is 14.4 Å². The number of aryl methyl sites for hydroxylation is 1. The molecule has 0 bridgehead atoms. The van der Waals surface area contributed by atoms with Gasteiger partial charge in [0.15, 0.2) is 11.5 Å². The van der Waals surface area contributed by atoms with Gasteiger partial charge in [-0.25, -0.2) is 14.6 Å². The van der Waals surface area contributed by atoms with E-state index in [1.807, 2.05) is 0 Å². The van der Waals surface area contributed by atoms with Crippen molar-refractivity contribution in [3.63, 3.8) is 0 Å². The number of benzene rings is 1. The monoisotopic (exact) mass is 368 g/mol. The third-order valence-electron chi connectivity index (χ3n) is 3.43. The van der Waals surface area contributed by atoms with Gasteiger partial charge in [0.1, 0.15) is 17.3 Å². The minimum atomic E-state index is -1.12. The summed E-state index contributed by atoms with van der Waals surface area (Å²) in [4.78, 5) is 26.5. The highest BCUT2D eigenvalue weighted by atomic mass is 16.5. The van der Waals surface area contributed by atoms with E-state index >= 15 is 0 Å². The van der Waals surface area contributed by atoms with Crippen molar-refractivity contribution in [2.45, 2.75) is 13.5 Å². The normalized spacial score (nSPS) is 10.3. The summed E-state index contributed by atoms with van der Waals surface area (Å²) in [7, 11) is 0. The third kappa shape index (κ3) is 5.05. The molecule has 0 aliphatic heterocycles. The predicted octanol–water partition coefficient (Wildman–Crippen LogP) is 3.19. The van der Waals surface area contributed by atoms with Gasteiger partial charge in [0.05, 0.1) is 0 Å². The number of amides is 2. The van der Waals surface area contributed by atoms with E-state index in [0.717, 1.165) is 5.56 Å². The lowest BCUT2D eigenvalue weighted by molar-refractivity contribution is 0.0690. The number of hydrogen-bond acceptors (Lipinski definition) is 6. The van der Waals surface area contributed by atoms with Crippen LogP contribution in [0, 0.1) is 6.92 Å². The summed E-state index contributed by atoms with van der Waals surface area (Å²) in [6.07, 6.45) is 1.37. The average molecular weight is 368 g/mol. The number of hydrogen-bond donors (Lipinski definition) is 3. The maximum atomic E-state index is 11.8. The SMILES string of the molecule is Cc1cc(NC(=O)NCc2ccc(Oc3ccnc(C(=O)O)c3)cc2)no1. The number of pyridine rings is 1. The molecule has 0 fully saturated rings. The zero-order valence-corrected chi connectivity index (χ0v) is 14.3. The summed E-state index contributed by atoms with van der Waals surface area (Å²) in [5.74, 6) is 0.720. The van der Waals surface area contributed by atoms with Crippen LogP contribution in [0.5, 0.6) is 11.5 Å². The summed E-state index contributed by atoms with van der Waals surface area (Å²) >= 11 is 0. The molecule has 2 heterocycles. The molecule has 0 spiro atoms. The molecule has 0 aliphatic rings. The average Bonchev–Trinajstić information content (AvgIpc) is 3.06. The van der Waals surface area contributed by atoms with E-state index in [0.29, 0.717) is 29.6 Å². The van der Waals surface area contributed by atoms with Gasteiger partial charge < -0.3 is 19.7 Å². The van der Waals surface area contributed by atoms with Crippen LogP contribution in [0.15, 0.2) is 53.2 Å². The standard InChI is InChI=1S/C18H16N4O5/c1-11-8-16(22-27-11)21-18(25)20-10-12-2-4-13(5-3-12)26-14-6-7-19-15(9-14)17(23)24/h2-9H,10H2,1H3,(H,23,24)(H2,20,21,22,25). The van der Waals surface area contributed by atoms with Gasteiger partial charge >= 0.3 is 12.0 Å². The molecule has 27 heavy (non-hydrogen) atoms. The highest BCUT2D eigenvalue weighted by Gasteiger charge is 2.07. The van der Waals surface area contributed by atoms with Crippen molar-refractivity contribution in [2.75, 3.05) is 5.32 Å². The Morgan fingerprint density at radius 3 is 2.59 bits per heavy atom. The third-order valence-corrected chi connectivity index (χ3v) is 3.43. The largest absolute Gasteiger partial charge is 0.477 e. The van der Waals surface area contributed by atoms with Gasteiger partial charge in [-0.15, -0.1) is 0 Å². The molecule has 1 aromatic carbocycles. The van der Waals surface area contributed by atoms with Crippen molar-refractivity contribution in [1.29, 1.82) is 0 Å². The zero-order valence-electron chi connectivity index (χ0n) is 14.3. The fraction of sp³-hybridized carbons (Fsp3) is 0.111. The molecule has 2 aromatic heterocycles. The number of aromatic carboxylic acids is 1. The number of urea groups is 1. The van der Waals surface area contributed by atoms with E-state index in [9.17, 15) is 9.59 Å². The number of carbonyl (C=O) groups is 2. The molecule has 0 aliphatic carbocycles. The van der Waals surface area contributed by atoms with E-state index in [1.54, 1.807) is 43.3 Å². The van der Waals surface area contributed by atoms with Gasteiger partial charge in [-0.3, -0.25) is 5.32 Å². The van der Waals surface area contributed by atoms with Gasteiger partial charge in [-0.1, -0.05) is 17.3 Å². The molecule has 138 valence electrons. The Bertz CT molecular complexity index is 952. The zero-order chi connectivity index (χ0) is 19.2. The second-order valence-electron chi connectivity index (χ2n) is 5.56. The Labute approximate surface area is 154 Å². The fourth-order valence-electron chi connectivity index (χ4n) is 2.17. The fourth-order valence-corrected chi connectivity index (χ4v) is 2.17. The first-order valence-corrected chi connectivity index (χ1v) is 7.94. The minimum Gasteiger partial charge on any atom is -0.477 e. The number of aromatic nitrogens is 2. The molecular weight excluding hydrogens is 352 g/mol. The number of ether oxygens (including phenoxy) is 1. The Hall–Kier alpha value is -3.88. The number of carbonyl (C=O) groups excluding carboxylic acids is 1. The van der Waals surface area contributed by atoms with Crippen LogP contribution >= 0.6 is 0 Å². The van der Waals surface area contributed by atoms with Gasteiger partial charge in [0.25, 0.3) is 0 Å². The summed E-state index contributed by atoms with van der Waals surface area (Å²) in [6.45, 7) is 2.04. The highest BCUT2D eigenvalue weighted by molar-refractivity contribution is 5.88. The molecule has 0 saturated heterocycles. The lowest BCUT2D eigenvalue weighted by Crippen LogP contribution is -2.28. The number of carboxylic acids is 1. The van der Waals surface area contributed by atoms with Gasteiger partial charge in [-0.2, -0.15) is 0 Å². The van der Waals surface area contributed by atoms with Crippen molar-refractivity contribution in [3.8, 4) is 11.5 Å². The first-order chi connectivity index (χ1) is 13.0. The highest BCUT2D eigenvalue weighted by Crippen LogP contribution is 2.22. The van der Waals surface area contributed by atoms with Crippen LogP contribution in [-0.4, -0.2) is 27.2 Å². The number of anilines is 1. The molecular formula is C18H16N4O5. The van der Waals surface area contributed by atoms with Crippen molar-refractivity contribution in [3.05, 3.63) is 65.7 Å². The van der Waals surface area contributed by atoms with Gasteiger partial charge in [-0.05, 0) is 30.7 Å². The Balaban J connectivity index is 1.53. The lowest BCUT2D eigenvalue weighted by Gasteiger charge is -2.08. The predicted molar refractivity (Wildman–Crippen MR) is 94.8 cm³/mol. The number of carboxylic acid groups (broad SMARTS) is 1. The van der Waals surface area contributed by atoms with Gasteiger partial charge in [0.2, 0.25) is 0 Å². The van der Waals surface area contributed by atoms with E-state index in [-0.39, 0.29) is 5.69 Å². The van der Waals surface area contributed by atoms with Crippen LogP contribution < -0.4 is 15.4 Å². The van der Waals surface area contributed by atoms with Crippen LogP contribution in [-0.2, 0) is 6.54 Å². The second kappa shape index (κ2) is 8.00. The van der Waals surface area contributed by atoms with Crippen molar-refractivity contribution in [2.24, 2.45) is 0 Å². The summed E-state index contributed by atoms with van der Waals surface area (Å²) < 4.78 is 10.5. The first-order valence-electron chi connectivity index (χ1n) is 7.94. The quantitative estimate of drug-likeness (QED) is 0.610. The van der Waals surface area contributed by atoms with Crippen LogP contribution in [0.2, 0.25) is 0 Å². The van der Waals surface area contributed by atoms with Crippen LogP contribution in [0.4, 0.5) is 10.6 Å². The van der Waals surface area contributed by atoms with E-state index < -0.39 is 12.0 Å². The molecule has 0 radical (unpaired) electrons. The molecule has 0 unspecified atom stereocenters. The molecule has 0 atom stereocenters. The minimum absolute atomic E-state index is 0.0957. The van der Waals surface area contributed by atoms with Crippen LogP contribution in [0.25, 0.3) is 0 Å². The molecule has 2 amide bonds. The van der Waals surface area contributed by atoms with Crippen molar-refractivity contribution in [1.82, 2.24) is 15.5 Å². The summed E-state index contributed by atoms with van der Waals surface area (Å²) in [5.41, 5.74) is 0.761. The maximum absolute atomic E-state index is 11.8. The maximum Gasteiger partial charge on any atom is 0.354 e. The Kier molecular flexibility index (Phi) is 5.31. The number of rotatable bonds is 6. The molecule has 3 N–H and O–H groups in total. The molecule has 3 rings (SSSR count). The molecule has 3 aromatic rings. The summed E-state index contributed by atoms with van der Waals surface area (Å²) in [5, 5.41) is 17.9. The molecule has 9 heteroatoms. The van der Waals surface area contributed by atoms with E-state index in [1.165, 1.54) is 12.3 Å². The Morgan fingerprint density at radius 1 is 1.15 bits per heavy atom. The van der Waals surface area contributed by atoms with Gasteiger partial charge in [0, 0.05) is 24.9 Å². The van der Waals surface area contributed by atoms with Crippen LogP contribution in [0.1, 0.15) is 21.8 Å². The first kappa shape index (κ1) is 17.9. The summed E-state index contributed by atoms with van der Waals surface area (Å²) in [6, 6.07) is 11.1. The van der Waals surface area contributed by atoms with Crippen LogP contribution in [0.3, 0.4) is 0 Å². The number of nitrogens with one attached hydrogen (secondary N) is 2. The Morgan fingerprint density at radius 2 is 1.93 bits per heavy atom. The second-order valence-corrected chi connectivity index (χ2v) is 5.56. The topological polar surface area (TPSA) is 127 Å². The lowest BCUT2D eigenvalue weighted by atomic mass is 10.2. The molecule has 9 nitrogen and oxygen atoms in total. The molecule has 0 saturated carbocycles. The number of nitrogens with zero attached hydrogens (tertiary/aromatic N) is 2. The van der Waals surface area contributed by atoms with Crippen molar-refractivity contribution >= 4 is 17.8 Å². The smallest absolute Gasteiger partial charge is 0.354 e. The van der Waals surface area contributed by atoms with E-state index in [2.05, 4.69) is 20.8 Å². The van der Waals surface area contributed by atoms with Crippen molar-refractivity contribution < 1.29 is 24.0 Å².